The first kappa shape index (κ1) is 19.2. The highest BCUT2D eigenvalue weighted by molar-refractivity contribution is 6.06. The van der Waals surface area contributed by atoms with Gasteiger partial charge in [0.25, 0.3) is 0 Å². The second-order valence-electron chi connectivity index (χ2n) is 5.52. The van der Waals surface area contributed by atoms with Gasteiger partial charge in [-0.25, -0.2) is 0 Å². The van der Waals surface area contributed by atoms with Crippen molar-refractivity contribution in [2.75, 3.05) is 13.2 Å². The largest absolute Gasteiger partial charge is 0.465 e. The van der Waals surface area contributed by atoms with E-state index in [1.54, 1.807) is 26.0 Å². The maximum Gasteiger partial charge on any atom is 0.328 e. The molecule has 0 amide bonds. The molecule has 1 rings (SSSR count). The molecule has 23 heavy (non-hydrogen) atoms. The van der Waals surface area contributed by atoms with Gasteiger partial charge < -0.3 is 9.47 Å². The normalized spacial score (nSPS) is 11.1. The van der Waals surface area contributed by atoms with Crippen LogP contribution in [-0.4, -0.2) is 25.2 Å². The molecule has 0 saturated carbocycles. The minimum Gasteiger partial charge on any atom is -0.465 e. The van der Waals surface area contributed by atoms with Crippen LogP contribution in [0, 0.1) is 0 Å². The van der Waals surface area contributed by atoms with Crippen molar-refractivity contribution >= 4 is 11.9 Å². The summed E-state index contributed by atoms with van der Waals surface area (Å²) in [5.74, 6) is -1.03. The van der Waals surface area contributed by atoms with Gasteiger partial charge in [-0.1, -0.05) is 62.9 Å². The van der Waals surface area contributed by atoms with Crippen LogP contribution in [0.2, 0.25) is 0 Å². The Morgan fingerprint density at radius 2 is 1.43 bits per heavy atom. The monoisotopic (exact) mass is 320 g/mol. The Hall–Kier alpha value is -1.84. The van der Waals surface area contributed by atoms with E-state index in [0.717, 1.165) is 25.7 Å². The zero-order valence-corrected chi connectivity index (χ0v) is 14.5. The number of carbonyl (C=O) groups excluding carboxylic acids is 2. The molecule has 0 aliphatic heterocycles. The number of carbonyl (C=O) groups is 2. The van der Waals surface area contributed by atoms with Crippen molar-refractivity contribution in [3.63, 3.8) is 0 Å². The van der Waals surface area contributed by atoms with E-state index in [0.29, 0.717) is 12.0 Å². The van der Waals surface area contributed by atoms with Gasteiger partial charge in [0.1, 0.15) is 0 Å². The molecule has 0 spiro atoms. The Kier molecular flexibility index (Phi) is 8.38. The van der Waals surface area contributed by atoms with E-state index in [2.05, 4.69) is 6.92 Å². The third-order valence-electron chi connectivity index (χ3n) is 3.92. The second-order valence-corrected chi connectivity index (χ2v) is 5.52. The van der Waals surface area contributed by atoms with Gasteiger partial charge in [0.15, 0.2) is 5.41 Å². The van der Waals surface area contributed by atoms with E-state index < -0.39 is 17.4 Å². The summed E-state index contributed by atoms with van der Waals surface area (Å²) in [4.78, 5) is 25.4. The fourth-order valence-electron chi connectivity index (χ4n) is 2.72. The maximum absolute atomic E-state index is 12.7. The van der Waals surface area contributed by atoms with E-state index >= 15 is 0 Å². The fraction of sp³-hybridized carbons (Fsp3) is 0.579. The number of hydrogen-bond acceptors (Lipinski definition) is 4. The third kappa shape index (κ3) is 4.81. The molecule has 0 atom stereocenters. The van der Waals surface area contributed by atoms with Crippen LogP contribution in [-0.2, 0) is 24.5 Å². The molecule has 0 saturated heterocycles. The third-order valence-corrected chi connectivity index (χ3v) is 3.92. The van der Waals surface area contributed by atoms with Crippen molar-refractivity contribution in [1.82, 2.24) is 0 Å². The van der Waals surface area contributed by atoms with Crippen molar-refractivity contribution in [2.45, 2.75) is 58.3 Å². The SMILES string of the molecule is CCCCCCC(C(=O)OCC)(C(=O)OCC)c1ccccc1. The van der Waals surface area contributed by atoms with Crippen LogP contribution in [0.5, 0.6) is 0 Å². The molecule has 4 heteroatoms. The fourth-order valence-corrected chi connectivity index (χ4v) is 2.72. The highest BCUT2D eigenvalue weighted by atomic mass is 16.6. The van der Waals surface area contributed by atoms with Crippen molar-refractivity contribution in [3.05, 3.63) is 35.9 Å². The molecule has 0 aliphatic carbocycles. The Labute approximate surface area is 139 Å². The summed E-state index contributed by atoms with van der Waals surface area (Å²) in [6.07, 6.45) is 4.34. The number of ether oxygens (including phenoxy) is 2. The average molecular weight is 320 g/mol. The molecule has 0 N–H and O–H groups in total. The Morgan fingerprint density at radius 1 is 0.870 bits per heavy atom. The van der Waals surface area contributed by atoms with Crippen LogP contribution in [0.1, 0.15) is 58.4 Å². The highest BCUT2D eigenvalue weighted by Crippen LogP contribution is 2.34. The molecule has 0 fully saturated rings. The van der Waals surface area contributed by atoms with Crippen molar-refractivity contribution < 1.29 is 19.1 Å². The number of rotatable bonds is 10. The van der Waals surface area contributed by atoms with Gasteiger partial charge >= 0.3 is 11.9 Å². The van der Waals surface area contributed by atoms with E-state index in [4.69, 9.17) is 9.47 Å². The van der Waals surface area contributed by atoms with Crippen molar-refractivity contribution in [1.29, 1.82) is 0 Å². The number of hydrogen-bond donors (Lipinski definition) is 0. The first-order valence-electron chi connectivity index (χ1n) is 8.53. The minimum absolute atomic E-state index is 0.238. The van der Waals surface area contributed by atoms with Gasteiger partial charge in [-0.15, -0.1) is 0 Å². The first-order valence-corrected chi connectivity index (χ1v) is 8.53. The van der Waals surface area contributed by atoms with Crippen molar-refractivity contribution in [3.8, 4) is 0 Å². The predicted molar refractivity (Wildman–Crippen MR) is 90.1 cm³/mol. The molecule has 128 valence electrons. The Balaban J connectivity index is 3.21. The van der Waals surface area contributed by atoms with E-state index in [1.165, 1.54) is 0 Å². The van der Waals surface area contributed by atoms with Gasteiger partial charge in [0.05, 0.1) is 13.2 Å². The molecule has 0 unspecified atom stereocenters. The van der Waals surface area contributed by atoms with Crippen LogP contribution in [0.15, 0.2) is 30.3 Å². The summed E-state index contributed by atoms with van der Waals surface area (Å²) in [5, 5.41) is 0. The van der Waals surface area contributed by atoms with E-state index in [9.17, 15) is 9.59 Å². The topological polar surface area (TPSA) is 52.6 Å². The van der Waals surface area contributed by atoms with E-state index in [1.807, 2.05) is 18.2 Å². The predicted octanol–water partition coefficient (Wildman–Crippen LogP) is 4.02. The van der Waals surface area contributed by atoms with Crippen LogP contribution in [0.3, 0.4) is 0 Å². The molecular weight excluding hydrogens is 292 g/mol. The highest BCUT2D eigenvalue weighted by Gasteiger charge is 2.49. The molecule has 0 aromatic heterocycles. The lowest BCUT2D eigenvalue weighted by Crippen LogP contribution is -2.46. The quantitative estimate of drug-likeness (QED) is 0.371. The summed E-state index contributed by atoms with van der Waals surface area (Å²) in [6, 6.07) is 9.12. The van der Waals surface area contributed by atoms with Crippen LogP contribution >= 0.6 is 0 Å². The maximum atomic E-state index is 12.7. The zero-order chi connectivity index (χ0) is 17.1. The zero-order valence-electron chi connectivity index (χ0n) is 14.5. The lowest BCUT2D eigenvalue weighted by Gasteiger charge is -2.29. The van der Waals surface area contributed by atoms with Crippen LogP contribution < -0.4 is 0 Å². The summed E-state index contributed by atoms with van der Waals surface area (Å²) < 4.78 is 10.5. The standard InChI is InChI=1S/C19H28O4/c1-4-7-8-12-15-19(17(20)22-5-2,18(21)23-6-3)16-13-10-9-11-14-16/h9-11,13-14H,4-8,12,15H2,1-3H3. The molecule has 0 bridgehead atoms. The lowest BCUT2D eigenvalue weighted by atomic mass is 9.76. The Morgan fingerprint density at radius 3 is 1.91 bits per heavy atom. The van der Waals surface area contributed by atoms with Gasteiger partial charge in [0, 0.05) is 0 Å². The van der Waals surface area contributed by atoms with Gasteiger partial charge in [0.2, 0.25) is 0 Å². The lowest BCUT2D eigenvalue weighted by molar-refractivity contribution is -0.165. The molecular formula is C19H28O4. The molecule has 0 aliphatic rings. The van der Waals surface area contributed by atoms with Crippen LogP contribution in [0.4, 0.5) is 0 Å². The molecule has 4 nitrogen and oxygen atoms in total. The van der Waals surface area contributed by atoms with Gasteiger partial charge in [-0.3, -0.25) is 9.59 Å². The number of benzene rings is 1. The minimum atomic E-state index is -1.36. The second kappa shape index (κ2) is 10.0. The molecule has 1 aromatic carbocycles. The van der Waals surface area contributed by atoms with Crippen LogP contribution in [0.25, 0.3) is 0 Å². The first-order chi connectivity index (χ1) is 11.1. The van der Waals surface area contributed by atoms with Gasteiger partial charge in [-0.2, -0.15) is 0 Å². The Bertz CT molecular complexity index is 463. The smallest absolute Gasteiger partial charge is 0.328 e. The summed E-state index contributed by atoms with van der Waals surface area (Å²) in [7, 11) is 0. The average Bonchev–Trinajstić information content (AvgIpc) is 2.56. The number of unbranched alkanes of at least 4 members (excludes halogenated alkanes) is 3. The van der Waals surface area contributed by atoms with Gasteiger partial charge in [-0.05, 0) is 25.8 Å². The number of esters is 2. The molecule has 1 aromatic rings. The summed E-state index contributed by atoms with van der Waals surface area (Å²) >= 11 is 0. The van der Waals surface area contributed by atoms with Crippen molar-refractivity contribution in [2.24, 2.45) is 0 Å². The summed E-state index contributed by atoms with van der Waals surface area (Å²) in [6.45, 7) is 6.09. The van der Waals surface area contributed by atoms with E-state index in [-0.39, 0.29) is 13.2 Å². The molecule has 0 radical (unpaired) electrons. The summed E-state index contributed by atoms with van der Waals surface area (Å²) in [5.41, 5.74) is -0.713. The molecule has 0 heterocycles.